The number of hydrogen-bond acceptors (Lipinski definition) is 6. The maximum atomic E-state index is 15.1. The molecule has 1 amide bonds. The molecule has 1 fully saturated rings. The zero-order valence-corrected chi connectivity index (χ0v) is 15.9. The highest BCUT2D eigenvalue weighted by Crippen LogP contribution is 2.28. The highest BCUT2D eigenvalue weighted by atomic mass is 19.1. The van der Waals surface area contributed by atoms with E-state index in [-0.39, 0.29) is 18.7 Å². The van der Waals surface area contributed by atoms with Gasteiger partial charge in [0, 0.05) is 43.9 Å². The number of nitrogens with zero attached hydrogens (tertiary/aromatic N) is 6. The Balaban J connectivity index is 1.54. The van der Waals surface area contributed by atoms with Crippen molar-refractivity contribution in [2.24, 2.45) is 7.05 Å². The van der Waals surface area contributed by atoms with Gasteiger partial charge in [-0.2, -0.15) is 0 Å². The lowest BCUT2D eigenvalue weighted by Crippen LogP contribution is -2.48. The summed E-state index contributed by atoms with van der Waals surface area (Å²) in [6.07, 6.45) is 2.18. The van der Waals surface area contributed by atoms with Gasteiger partial charge >= 0.3 is 0 Å². The van der Waals surface area contributed by atoms with Crippen molar-refractivity contribution < 1.29 is 9.18 Å². The number of halogens is 1. The number of fused-ring (bicyclic) bond motifs is 1. The van der Waals surface area contributed by atoms with Crippen molar-refractivity contribution in [2.75, 3.05) is 25.0 Å². The molecule has 146 valence electrons. The molecule has 4 rings (SSSR count). The van der Waals surface area contributed by atoms with Crippen molar-refractivity contribution in [3.63, 3.8) is 0 Å². The van der Waals surface area contributed by atoms with Crippen LogP contribution in [0, 0.1) is 0 Å². The summed E-state index contributed by atoms with van der Waals surface area (Å²) >= 11 is 0. The number of piperidine rings is 1. The largest absolute Gasteiger partial charge is 0.306 e. The second-order valence-electron chi connectivity index (χ2n) is 7.13. The van der Waals surface area contributed by atoms with Crippen LogP contribution in [0.1, 0.15) is 19.8 Å². The number of aryl methyl sites for hydroxylation is 1. The van der Waals surface area contributed by atoms with Crippen LogP contribution in [0.4, 0.5) is 10.2 Å². The summed E-state index contributed by atoms with van der Waals surface area (Å²) in [6.45, 7) is 4.05. The van der Waals surface area contributed by atoms with E-state index in [0.29, 0.717) is 18.6 Å². The van der Waals surface area contributed by atoms with E-state index in [1.165, 1.54) is 0 Å². The van der Waals surface area contributed by atoms with Gasteiger partial charge < -0.3 is 10.2 Å². The molecule has 28 heavy (non-hydrogen) atoms. The fourth-order valence-electron chi connectivity index (χ4n) is 3.42. The maximum Gasteiger partial charge on any atom is 0.263 e. The van der Waals surface area contributed by atoms with Crippen LogP contribution < -0.4 is 5.32 Å². The van der Waals surface area contributed by atoms with Crippen LogP contribution in [-0.2, 0) is 11.8 Å². The highest BCUT2D eigenvalue weighted by Gasteiger charge is 2.41. The normalized spacial score (nSPS) is 17.0. The molecule has 9 heteroatoms. The van der Waals surface area contributed by atoms with Crippen molar-refractivity contribution in [1.29, 1.82) is 0 Å². The lowest BCUT2D eigenvalue weighted by Gasteiger charge is -2.34. The Morgan fingerprint density at radius 1 is 1.21 bits per heavy atom. The molecule has 0 spiro atoms. The van der Waals surface area contributed by atoms with Gasteiger partial charge in [-0.25, -0.2) is 4.39 Å². The lowest BCUT2D eigenvalue weighted by molar-refractivity contribution is -0.130. The second-order valence-corrected chi connectivity index (χ2v) is 7.13. The predicted octanol–water partition coefficient (Wildman–Crippen LogP) is 2.19. The number of carbonyl (C=O) groups excluding carboxylic acids is 1. The number of rotatable bonds is 4. The number of benzene rings is 1. The predicted molar refractivity (Wildman–Crippen MR) is 103 cm³/mol. The van der Waals surface area contributed by atoms with E-state index < -0.39 is 11.6 Å². The van der Waals surface area contributed by atoms with Crippen LogP contribution in [0.3, 0.4) is 0 Å². The highest BCUT2D eigenvalue weighted by molar-refractivity contribution is 5.98. The monoisotopic (exact) mass is 383 g/mol. The number of carbonyl (C=O) groups is 1. The first-order valence-corrected chi connectivity index (χ1v) is 9.34. The summed E-state index contributed by atoms with van der Waals surface area (Å²) in [5.41, 5.74) is 0.415. The van der Waals surface area contributed by atoms with Gasteiger partial charge in [0.15, 0.2) is 11.5 Å². The molecule has 1 aliphatic heterocycles. The van der Waals surface area contributed by atoms with Gasteiger partial charge in [0.1, 0.15) is 5.69 Å². The van der Waals surface area contributed by atoms with Crippen LogP contribution in [-0.4, -0.2) is 61.3 Å². The fourth-order valence-corrected chi connectivity index (χ4v) is 3.42. The molecule has 1 N–H and O–H groups in total. The van der Waals surface area contributed by atoms with Crippen molar-refractivity contribution in [1.82, 2.24) is 30.1 Å². The van der Waals surface area contributed by atoms with Crippen LogP contribution in [0.2, 0.25) is 0 Å². The summed E-state index contributed by atoms with van der Waals surface area (Å²) in [7, 11) is 1.80. The van der Waals surface area contributed by atoms with Crippen molar-refractivity contribution in [3.8, 4) is 11.3 Å². The molecule has 8 nitrogen and oxygen atoms in total. The van der Waals surface area contributed by atoms with Gasteiger partial charge in [-0.1, -0.05) is 18.2 Å². The molecule has 1 aliphatic rings. The molecular weight excluding hydrogens is 361 g/mol. The minimum Gasteiger partial charge on any atom is -0.306 e. The number of anilines is 1. The average Bonchev–Trinajstić information content (AvgIpc) is 3.14. The van der Waals surface area contributed by atoms with E-state index in [9.17, 15) is 4.79 Å². The molecule has 2 aromatic heterocycles. The molecule has 0 aliphatic carbocycles. The molecule has 0 radical (unpaired) electrons. The van der Waals surface area contributed by atoms with Gasteiger partial charge in [0.25, 0.3) is 5.91 Å². The molecule has 0 bridgehead atoms. The number of aromatic nitrogens is 5. The molecule has 3 aromatic rings. The van der Waals surface area contributed by atoms with E-state index >= 15 is 4.39 Å². The fraction of sp³-hybridized carbons (Fsp3) is 0.421. The molecule has 3 heterocycles. The first-order valence-electron chi connectivity index (χ1n) is 9.34. The topological polar surface area (TPSA) is 88.8 Å². The van der Waals surface area contributed by atoms with Crippen molar-refractivity contribution >= 4 is 22.6 Å². The Kier molecular flexibility index (Phi) is 4.76. The number of amides is 1. The summed E-state index contributed by atoms with van der Waals surface area (Å²) in [4.78, 5) is 14.7. The molecule has 0 saturated carbocycles. The first kappa shape index (κ1) is 18.4. The summed E-state index contributed by atoms with van der Waals surface area (Å²) in [5, 5.41) is 19.6. The van der Waals surface area contributed by atoms with Crippen molar-refractivity contribution in [3.05, 3.63) is 30.5 Å². The SMILES string of the molecule is CCN1CCC(F)(C(=O)Nc2cc3cc(-c4cn(C)nn4)ccc3nn2)CC1. The van der Waals surface area contributed by atoms with Crippen molar-refractivity contribution in [2.45, 2.75) is 25.4 Å². The minimum absolute atomic E-state index is 0.185. The quantitative estimate of drug-likeness (QED) is 0.743. The van der Waals surface area contributed by atoms with Gasteiger partial charge in [0.2, 0.25) is 0 Å². The number of likely N-dealkylation sites (tertiary alicyclic amines) is 1. The summed E-state index contributed by atoms with van der Waals surface area (Å²) < 4.78 is 16.7. The Hall–Kier alpha value is -2.94. The molecule has 0 atom stereocenters. The van der Waals surface area contributed by atoms with Crippen LogP contribution in [0.5, 0.6) is 0 Å². The smallest absolute Gasteiger partial charge is 0.263 e. The second kappa shape index (κ2) is 7.23. The number of alkyl halides is 1. The van der Waals surface area contributed by atoms with Gasteiger partial charge in [-0.05, 0) is 24.7 Å². The maximum absolute atomic E-state index is 15.1. The number of nitrogens with one attached hydrogen (secondary N) is 1. The number of hydrogen-bond donors (Lipinski definition) is 1. The first-order chi connectivity index (χ1) is 13.5. The van der Waals surface area contributed by atoms with Crippen LogP contribution in [0.25, 0.3) is 22.2 Å². The van der Waals surface area contributed by atoms with Gasteiger partial charge in [-0.3, -0.25) is 9.48 Å². The molecule has 1 saturated heterocycles. The van der Waals surface area contributed by atoms with Crippen LogP contribution >= 0.6 is 0 Å². The molecule has 0 unspecified atom stereocenters. The summed E-state index contributed by atoms with van der Waals surface area (Å²) in [6, 6.07) is 7.31. The molecule has 1 aromatic carbocycles. The zero-order chi connectivity index (χ0) is 19.7. The molecular formula is C19H22FN7O. The van der Waals surface area contributed by atoms with Gasteiger partial charge in [-0.15, -0.1) is 15.3 Å². The van der Waals surface area contributed by atoms with Crippen LogP contribution in [0.15, 0.2) is 30.5 Å². The van der Waals surface area contributed by atoms with E-state index in [2.05, 4.69) is 30.7 Å². The summed E-state index contributed by atoms with van der Waals surface area (Å²) in [5.74, 6) is -0.411. The van der Waals surface area contributed by atoms with Gasteiger partial charge in [0.05, 0.1) is 11.7 Å². The Labute approximate surface area is 161 Å². The standard InChI is InChI=1S/C19H22FN7O/c1-3-27-8-6-19(20,7-9-27)18(28)21-17-11-14-10-13(4-5-15(14)22-24-17)16-12-26(2)25-23-16/h4-5,10-12H,3,6-9H2,1-2H3,(H,21,24,28). The van der Waals surface area contributed by atoms with E-state index in [1.54, 1.807) is 17.8 Å². The average molecular weight is 383 g/mol. The third kappa shape index (κ3) is 3.57. The zero-order valence-electron chi connectivity index (χ0n) is 15.9. The van der Waals surface area contributed by atoms with E-state index in [0.717, 1.165) is 23.2 Å². The third-order valence-corrected chi connectivity index (χ3v) is 5.23. The Bertz CT molecular complexity index is 1010. The van der Waals surface area contributed by atoms with E-state index in [4.69, 9.17) is 0 Å². The Morgan fingerprint density at radius 2 is 2.00 bits per heavy atom. The van der Waals surface area contributed by atoms with E-state index in [1.807, 2.05) is 31.3 Å². The minimum atomic E-state index is -1.87. The Morgan fingerprint density at radius 3 is 2.68 bits per heavy atom. The third-order valence-electron chi connectivity index (χ3n) is 5.23. The lowest BCUT2D eigenvalue weighted by atomic mass is 9.92.